The fourth-order valence-corrected chi connectivity index (χ4v) is 3.35. The Morgan fingerprint density at radius 3 is 2.79 bits per heavy atom. The van der Waals surface area contributed by atoms with Crippen molar-refractivity contribution in [3.63, 3.8) is 0 Å². The van der Waals surface area contributed by atoms with Crippen molar-refractivity contribution in [3.05, 3.63) is 53.1 Å². The molecule has 0 saturated carbocycles. The second kappa shape index (κ2) is 9.88. The molecule has 0 atom stereocenters. The van der Waals surface area contributed by atoms with Crippen LogP contribution in [0.4, 0.5) is 11.5 Å². The van der Waals surface area contributed by atoms with Gasteiger partial charge in [-0.15, -0.1) is 0 Å². The number of nitrogens with zero attached hydrogens (tertiary/aromatic N) is 2. The van der Waals surface area contributed by atoms with E-state index >= 15 is 0 Å². The number of anilines is 2. The monoisotopic (exact) mass is 396 g/mol. The number of hydrogen-bond acceptors (Lipinski definition) is 6. The van der Waals surface area contributed by atoms with Gasteiger partial charge in [-0.3, -0.25) is 9.59 Å². The van der Waals surface area contributed by atoms with Crippen LogP contribution in [0, 0.1) is 0 Å². The van der Waals surface area contributed by atoms with E-state index in [-0.39, 0.29) is 17.5 Å². The molecule has 2 aromatic heterocycles. The van der Waals surface area contributed by atoms with Gasteiger partial charge in [0.05, 0.1) is 0 Å². The zero-order chi connectivity index (χ0) is 20.6. The first kappa shape index (κ1) is 20.6. The number of carbonyl (C=O) groups excluding carboxylic acids is 1. The maximum Gasteiger partial charge on any atom is 0.271 e. The standard InChI is InChI=1S/C21H28N6O2/c1-22-8-3-4-20(28)27-10-6-17(7-11-27)26-18-12-16(14-25-21(18)29)15-5-9-24-19(13-15)23-2/h3-5,9,12-14,17,22,26H,6-8,10-11H2,1-2H3,(H,23,24)(H,25,29)/b4-3+. The molecule has 4 N–H and O–H groups in total. The quantitative estimate of drug-likeness (QED) is 0.531. The second-order valence-corrected chi connectivity index (χ2v) is 7.01. The minimum absolute atomic E-state index is 0.0385. The lowest BCUT2D eigenvalue weighted by molar-refractivity contribution is -0.126. The van der Waals surface area contributed by atoms with Gasteiger partial charge < -0.3 is 25.8 Å². The van der Waals surface area contributed by atoms with Crippen LogP contribution in [0.5, 0.6) is 0 Å². The fraction of sp³-hybridized carbons (Fsp3) is 0.381. The van der Waals surface area contributed by atoms with Crippen LogP contribution in [-0.4, -0.2) is 60.5 Å². The van der Waals surface area contributed by atoms with Crippen molar-refractivity contribution < 1.29 is 4.79 Å². The summed E-state index contributed by atoms with van der Waals surface area (Å²) in [4.78, 5) is 33.4. The van der Waals surface area contributed by atoms with Crippen LogP contribution in [0.2, 0.25) is 0 Å². The van der Waals surface area contributed by atoms with Crippen molar-refractivity contribution in [2.45, 2.75) is 18.9 Å². The number of aromatic nitrogens is 2. The molecule has 0 spiro atoms. The molecule has 0 unspecified atom stereocenters. The molecule has 154 valence electrons. The summed E-state index contributed by atoms with van der Waals surface area (Å²) < 4.78 is 0. The lowest BCUT2D eigenvalue weighted by atomic mass is 10.0. The van der Waals surface area contributed by atoms with Gasteiger partial charge in [-0.25, -0.2) is 4.98 Å². The Hall–Kier alpha value is -3.13. The van der Waals surface area contributed by atoms with Crippen molar-refractivity contribution in [3.8, 4) is 11.1 Å². The fourth-order valence-electron chi connectivity index (χ4n) is 3.35. The van der Waals surface area contributed by atoms with Crippen molar-refractivity contribution in [2.75, 3.05) is 44.4 Å². The molecule has 1 aliphatic rings. The summed E-state index contributed by atoms with van der Waals surface area (Å²) in [6, 6.07) is 5.86. The number of carbonyl (C=O) groups is 1. The summed E-state index contributed by atoms with van der Waals surface area (Å²) in [5, 5.41) is 9.36. The molecule has 8 nitrogen and oxygen atoms in total. The van der Waals surface area contributed by atoms with Gasteiger partial charge in [0, 0.05) is 56.8 Å². The average molecular weight is 396 g/mol. The molecule has 0 aliphatic carbocycles. The summed E-state index contributed by atoms with van der Waals surface area (Å²) in [7, 11) is 3.66. The second-order valence-electron chi connectivity index (χ2n) is 7.01. The van der Waals surface area contributed by atoms with Crippen LogP contribution in [0.15, 0.2) is 47.5 Å². The summed E-state index contributed by atoms with van der Waals surface area (Å²) in [6.07, 6.45) is 8.49. The van der Waals surface area contributed by atoms with Gasteiger partial charge in [-0.1, -0.05) is 6.08 Å². The lowest BCUT2D eigenvalue weighted by Crippen LogP contribution is -2.42. The third-order valence-corrected chi connectivity index (χ3v) is 5.00. The Balaban J connectivity index is 1.64. The molecule has 2 aromatic rings. The van der Waals surface area contributed by atoms with E-state index in [2.05, 4.69) is 25.9 Å². The number of pyridine rings is 2. The number of likely N-dealkylation sites (tertiary alicyclic amines) is 1. The van der Waals surface area contributed by atoms with Crippen LogP contribution >= 0.6 is 0 Å². The number of hydrogen-bond donors (Lipinski definition) is 4. The first-order valence-corrected chi connectivity index (χ1v) is 9.84. The van der Waals surface area contributed by atoms with E-state index in [1.807, 2.05) is 43.3 Å². The van der Waals surface area contributed by atoms with E-state index in [1.54, 1.807) is 18.5 Å². The molecule has 0 radical (unpaired) electrons. The number of H-pyrrole nitrogens is 1. The van der Waals surface area contributed by atoms with E-state index < -0.39 is 0 Å². The Kier molecular flexibility index (Phi) is 7.02. The number of likely N-dealkylation sites (N-methyl/N-ethyl adjacent to an activating group) is 1. The van der Waals surface area contributed by atoms with Gasteiger partial charge in [-0.2, -0.15) is 0 Å². The van der Waals surface area contributed by atoms with E-state index in [0.29, 0.717) is 25.3 Å². The van der Waals surface area contributed by atoms with E-state index in [1.165, 1.54) is 0 Å². The number of nitrogens with one attached hydrogen (secondary N) is 4. The topological polar surface area (TPSA) is 102 Å². The van der Waals surface area contributed by atoms with Gasteiger partial charge in [0.1, 0.15) is 11.5 Å². The normalized spacial score (nSPS) is 14.9. The van der Waals surface area contributed by atoms with Crippen molar-refractivity contribution in [1.29, 1.82) is 0 Å². The van der Waals surface area contributed by atoms with Crippen LogP contribution in [0.1, 0.15) is 12.8 Å². The van der Waals surface area contributed by atoms with Crippen molar-refractivity contribution in [1.82, 2.24) is 20.2 Å². The predicted molar refractivity (Wildman–Crippen MR) is 116 cm³/mol. The van der Waals surface area contributed by atoms with E-state index in [4.69, 9.17) is 0 Å². The SMILES string of the molecule is CNC/C=C/C(=O)N1CCC(Nc2cc(-c3ccnc(NC)c3)c[nH]c2=O)CC1. The third-order valence-electron chi connectivity index (χ3n) is 5.00. The molecule has 3 rings (SSSR count). The predicted octanol–water partition coefficient (Wildman–Crippen LogP) is 1.66. The van der Waals surface area contributed by atoms with Crippen LogP contribution in [-0.2, 0) is 4.79 Å². The molecule has 1 amide bonds. The van der Waals surface area contributed by atoms with Crippen LogP contribution < -0.4 is 21.5 Å². The van der Waals surface area contributed by atoms with Crippen molar-refractivity contribution in [2.24, 2.45) is 0 Å². The van der Waals surface area contributed by atoms with Gasteiger partial charge in [0.15, 0.2) is 0 Å². The van der Waals surface area contributed by atoms with Gasteiger partial charge in [0.2, 0.25) is 5.91 Å². The molecule has 1 saturated heterocycles. The summed E-state index contributed by atoms with van der Waals surface area (Å²) in [6.45, 7) is 2.03. The first-order chi connectivity index (χ1) is 14.1. The molecule has 1 aliphatic heterocycles. The van der Waals surface area contributed by atoms with Gasteiger partial charge >= 0.3 is 0 Å². The first-order valence-electron chi connectivity index (χ1n) is 9.84. The molecule has 3 heterocycles. The smallest absolute Gasteiger partial charge is 0.271 e. The summed E-state index contributed by atoms with van der Waals surface area (Å²) in [5.41, 5.74) is 2.28. The lowest BCUT2D eigenvalue weighted by Gasteiger charge is -2.32. The van der Waals surface area contributed by atoms with E-state index in [9.17, 15) is 9.59 Å². The zero-order valence-corrected chi connectivity index (χ0v) is 16.9. The maximum absolute atomic E-state index is 12.3. The van der Waals surface area contributed by atoms with Crippen LogP contribution in [0.3, 0.4) is 0 Å². The Labute approximate surface area is 170 Å². The van der Waals surface area contributed by atoms with E-state index in [0.717, 1.165) is 29.8 Å². The van der Waals surface area contributed by atoms with Gasteiger partial charge in [-0.05, 0) is 43.7 Å². The molecule has 0 aromatic carbocycles. The third kappa shape index (κ3) is 5.45. The summed E-state index contributed by atoms with van der Waals surface area (Å²) in [5.74, 6) is 0.806. The largest absolute Gasteiger partial charge is 0.378 e. The number of amides is 1. The minimum atomic E-state index is -0.148. The average Bonchev–Trinajstić information content (AvgIpc) is 2.76. The molecule has 0 bridgehead atoms. The highest BCUT2D eigenvalue weighted by molar-refractivity contribution is 5.87. The Morgan fingerprint density at radius 1 is 1.28 bits per heavy atom. The van der Waals surface area contributed by atoms with Crippen LogP contribution in [0.25, 0.3) is 11.1 Å². The Bertz CT molecular complexity index is 915. The zero-order valence-electron chi connectivity index (χ0n) is 16.9. The highest BCUT2D eigenvalue weighted by atomic mass is 16.2. The summed E-state index contributed by atoms with van der Waals surface area (Å²) >= 11 is 0. The van der Waals surface area contributed by atoms with Crippen molar-refractivity contribution >= 4 is 17.4 Å². The highest BCUT2D eigenvalue weighted by Crippen LogP contribution is 2.23. The number of aromatic amines is 1. The molecule has 1 fully saturated rings. The molecule has 8 heteroatoms. The molecular weight excluding hydrogens is 368 g/mol. The highest BCUT2D eigenvalue weighted by Gasteiger charge is 2.22. The number of piperidine rings is 1. The maximum atomic E-state index is 12.3. The Morgan fingerprint density at radius 2 is 2.07 bits per heavy atom. The minimum Gasteiger partial charge on any atom is -0.378 e. The molecular formula is C21H28N6O2. The number of rotatable bonds is 7. The van der Waals surface area contributed by atoms with Gasteiger partial charge in [0.25, 0.3) is 5.56 Å². The molecule has 29 heavy (non-hydrogen) atoms.